The minimum absolute atomic E-state index is 0.231. The highest BCUT2D eigenvalue weighted by Crippen LogP contribution is 2.25. The summed E-state index contributed by atoms with van der Waals surface area (Å²) in [5, 5.41) is 12.9. The molecule has 0 heterocycles. The lowest BCUT2D eigenvalue weighted by Crippen LogP contribution is -2.45. The highest BCUT2D eigenvalue weighted by molar-refractivity contribution is 4.83. The van der Waals surface area contributed by atoms with Crippen molar-refractivity contribution in [3.63, 3.8) is 0 Å². The van der Waals surface area contributed by atoms with E-state index < -0.39 is 0 Å². The predicted octanol–water partition coefficient (Wildman–Crippen LogP) is 0.297. The molecule has 78 valence electrons. The van der Waals surface area contributed by atoms with Crippen LogP contribution in [0.25, 0.3) is 0 Å². The highest BCUT2D eigenvalue weighted by Gasteiger charge is 2.24. The Kier molecular flexibility index (Phi) is 4.16. The van der Waals surface area contributed by atoms with E-state index in [4.69, 9.17) is 0 Å². The Morgan fingerprint density at radius 1 is 1.46 bits per heavy atom. The summed E-state index contributed by atoms with van der Waals surface area (Å²) in [4.78, 5) is 2.01. The molecule has 1 aliphatic rings. The summed E-state index contributed by atoms with van der Waals surface area (Å²) < 4.78 is 0. The smallest absolute Gasteiger partial charge is 0.0791 e. The number of hydrogen-bond donors (Lipinski definition) is 2. The molecule has 13 heavy (non-hydrogen) atoms. The van der Waals surface area contributed by atoms with Gasteiger partial charge in [0.1, 0.15) is 0 Å². The zero-order valence-corrected chi connectivity index (χ0v) is 8.95. The standard InChI is InChI=1S/C10H22N2O/c1-8-4-9(5-8)11-6-10(13)7-12(2)3/h8-11,13H,4-7H2,1-3H3. The first-order valence-corrected chi connectivity index (χ1v) is 5.14. The first-order chi connectivity index (χ1) is 6.08. The van der Waals surface area contributed by atoms with Crippen molar-refractivity contribution in [2.45, 2.75) is 31.9 Å². The van der Waals surface area contributed by atoms with Crippen molar-refractivity contribution in [1.29, 1.82) is 0 Å². The van der Waals surface area contributed by atoms with E-state index in [9.17, 15) is 5.11 Å². The average molecular weight is 186 g/mol. The molecular weight excluding hydrogens is 164 g/mol. The van der Waals surface area contributed by atoms with Gasteiger partial charge >= 0.3 is 0 Å². The van der Waals surface area contributed by atoms with Crippen LogP contribution in [0.3, 0.4) is 0 Å². The zero-order valence-electron chi connectivity index (χ0n) is 8.95. The van der Waals surface area contributed by atoms with E-state index in [1.54, 1.807) is 0 Å². The van der Waals surface area contributed by atoms with Crippen LogP contribution in [0.15, 0.2) is 0 Å². The molecule has 1 fully saturated rings. The third kappa shape index (κ3) is 4.07. The number of hydrogen-bond acceptors (Lipinski definition) is 3. The second-order valence-corrected chi connectivity index (χ2v) is 4.60. The molecule has 3 nitrogen and oxygen atoms in total. The molecule has 0 aromatic rings. The van der Waals surface area contributed by atoms with Crippen LogP contribution < -0.4 is 5.32 Å². The first kappa shape index (κ1) is 11.0. The second-order valence-electron chi connectivity index (χ2n) is 4.60. The fraction of sp³-hybridized carbons (Fsp3) is 1.00. The summed E-state index contributed by atoms with van der Waals surface area (Å²) in [5.74, 6) is 0.878. The lowest BCUT2D eigenvalue weighted by atomic mass is 9.82. The second kappa shape index (κ2) is 4.94. The van der Waals surface area contributed by atoms with Crippen molar-refractivity contribution in [2.75, 3.05) is 27.2 Å². The van der Waals surface area contributed by atoms with Crippen LogP contribution in [-0.2, 0) is 0 Å². The maximum atomic E-state index is 9.55. The van der Waals surface area contributed by atoms with Gasteiger partial charge in [0.25, 0.3) is 0 Å². The van der Waals surface area contributed by atoms with Crippen molar-refractivity contribution in [1.82, 2.24) is 10.2 Å². The molecular formula is C10H22N2O. The summed E-state index contributed by atoms with van der Waals surface area (Å²) in [5.41, 5.74) is 0. The van der Waals surface area contributed by atoms with Crippen molar-refractivity contribution in [3.8, 4) is 0 Å². The fourth-order valence-electron chi connectivity index (χ4n) is 1.86. The third-order valence-electron chi connectivity index (χ3n) is 2.59. The Morgan fingerprint density at radius 3 is 2.54 bits per heavy atom. The molecule has 1 rings (SSSR count). The van der Waals surface area contributed by atoms with E-state index in [0.717, 1.165) is 19.0 Å². The van der Waals surface area contributed by atoms with Gasteiger partial charge in [-0.1, -0.05) is 6.92 Å². The molecule has 0 radical (unpaired) electrons. The van der Waals surface area contributed by atoms with Gasteiger partial charge < -0.3 is 15.3 Å². The van der Waals surface area contributed by atoms with Gasteiger partial charge in [-0.25, -0.2) is 0 Å². The number of nitrogens with one attached hydrogen (secondary N) is 1. The fourth-order valence-corrected chi connectivity index (χ4v) is 1.86. The lowest BCUT2D eigenvalue weighted by molar-refractivity contribution is 0.120. The maximum absolute atomic E-state index is 9.55. The van der Waals surface area contributed by atoms with Crippen LogP contribution in [0.2, 0.25) is 0 Å². The van der Waals surface area contributed by atoms with Gasteiger partial charge in [0.05, 0.1) is 6.10 Å². The molecule has 3 heteroatoms. The third-order valence-corrected chi connectivity index (χ3v) is 2.59. The van der Waals surface area contributed by atoms with Gasteiger partial charge in [0.2, 0.25) is 0 Å². The number of aliphatic hydroxyl groups excluding tert-OH is 1. The van der Waals surface area contributed by atoms with Gasteiger partial charge in [-0.05, 0) is 32.9 Å². The number of nitrogens with zero attached hydrogens (tertiary/aromatic N) is 1. The molecule has 1 unspecified atom stereocenters. The van der Waals surface area contributed by atoms with E-state index >= 15 is 0 Å². The zero-order chi connectivity index (χ0) is 9.84. The normalized spacial score (nSPS) is 30.2. The number of aliphatic hydroxyl groups is 1. The van der Waals surface area contributed by atoms with Crippen molar-refractivity contribution >= 4 is 0 Å². The monoisotopic (exact) mass is 186 g/mol. The average Bonchev–Trinajstić information content (AvgIpc) is 1.94. The Bertz CT molecular complexity index is 144. The summed E-state index contributed by atoms with van der Waals surface area (Å²) in [6, 6.07) is 0.659. The van der Waals surface area contributed by atoms with Crippen LogP contribution in [0.1, 0.15) is 19.8 Å². The summed E-state index contributed by atoms with van der Waals surface area (Å²) in [6.45, 7) is 3.75. The van der Waals surface area contributed by atoms with Gasteiger partial charge in [-0.2, -0.15) is 0 Å². The van der Waals surface area contributed by atoms with Crippen LogP contribution in [0, 0.1) is 5.92 Å². The van der Waals surface area contributed by atoms with Crippen LogP contribution in [-0.4, -0.2) is 49.3 Å². The van der Waals surface area contributed by atoms with Crippen LogP contribution in [0.5, 0.6) is 0 Å². The predicted molar refractivity (Wildman–Crippen MR) is 54.7 cm³/mol. The molecule has 0 aliphatic heterocycles. The quantitative estimate of drug-likeness (QED) is 0.648. The Labute approximate surface area is 81.1 Å². The van der Waals surface area contributed by atoms with Gasteiger partial charge in [-0.3, -0.25) is 0 Å². The van der Waals surface area contributed by atoms with Crippen LogP contribution >= 0.6 is 0 Å². The molecule has 1 saturated carbocycles. The molecule has 1 atom stereocenters. The van der Waals surface area contributed by atoms with E-state index in [1.807, 2.05) is 19.0 Å². The molecule has 0 aromatic heterocycles. The maximum Gasteiger partial charge on any atom is 0.0791 e. The SMILES string of the molecule is CC1CC(NCC(O)CN(C)C)C1. The van der Waals surface area contributed by atoms with Gasteiger partial charge in [0.15, 0.2) is 0 Å². The molecule has 0 saturated heterocycles. The lowest BCUT2D eigenvalue weighted by Gasteiger charge is -2.34. The summed E-state index contributed by atoms with van der Waals surface area (Å²) >= 11 is 0. The summed E-state index contributed by atoms with van der Waals surface area (Å²) in [7, 11) is 3.96. The largest absolute Gasteiger partial charge is 0.390 e. The van der Waals surface area contributed by atoms with E-state index in [2.05, 4.69) is 12.2 Å². The Balaban J connectivity index is 1.99. The molecule has 0 amide bonds. The van der Waals surface area contributed by atoms with Crippen LogP contribution in [0.4, 0.5) is 0 Å². The highest BCUT2D eigenvalue weighted by atomic mass is 16.3. The number of likely N-dealkylation sites (N-methyl/N-ethyl adjacent to an activating group) is 1. The minimum Gasteiger partial charge on any atom is -0.390 e. The topological polar surface area (TPSA) is 35.5 Å². The van der Waals surface area contributed by atoms with Gasteiger partial charge in [-0.15, -0.1) is 0 Å². The van der Waals surface area contributed by atoms with Gasteiger partial charge in [0, 0.05) is 19.1 Å². The first-order valence-electron chi connectivity index (χ1n) is 5.14. The summed E-state index contributed by atoms with van der Waals surface area (Å²) in [6.07, 6.45) is 2.31. The van der Waals surface area contributed by atoms with E-state index in [-0.39, 0.29) is 6.10 Å². The molecule has 0 spiro atoms. The Hall–Kier alpha value is -0.120. The Morgan fingerprint density at radius 2 is 2.08 bits per heavy atom. The molecule has 0 aromatic carbocycles. The van der Waals surface area contributed by atoms with E-state index in [0.29, 0.717) is 6.04 Å². The van der Waals surface area contributed by atoms with Crippen molar-refractivity contribution < 1.29 is 5.11 Å². The molecule has 2 N–H and O–H groups in total. The number of rotatable bonds is 5. The van der Waals surface area contributed by atoms with E-state index in [1.165, 1.54) is 12.8 Å². The van der Waals surface area contributed by atoms with Crippen molar-refractivity contribution in [2.24, 2.45) is 5.92 Å². The molecule has 0 bridgehead atoms. The van der Waals surface area contributed by atoms with Crippen molar-refractivity contribution in [3.05, 3.63) is 0 Å². The minimum atomic E-state index is -0.231. The molecule has 1 aliphatic carbocycles.